The van der Waals surface area contributed by atoms with Gasteiger partial charge in [-0.1, -0.05) is 42.7 Å². The Bertz CT molecular complexity index is 674. The molecule has 3 rings (SSSR count). The molecule has 1 aliphatic rings. The summed E-state index contributed by atoms with van der Waals surface area (Å²) in [6, 6.07) is 8.08. The zero-order valence-electron chi connectivity index (χ0n) is 14.3. The van der Waals surface area contributed by atoms with E-state index in [1.807, 2.05) is 18.2 Å². The first kappa shape index (κ1) is 19.2. The standard InChI is InChI=1S/C17H23ClN4O.ClH/c1-17(2,10-12-5-4-6-13(18)9-12)16-20-15(21-23-16)14-11-19-7-8-22(14)3;/h4-6,9,14,19H,7-8,10-11H2,1-3H3;1H. The molecule has 0 saturated carbocycles. The smallest absolute Gasteiger partial charge is 0.232 e. The molecule has 1 fully saturated rings. The molecule has 0 aliphatic carbocycles. The average molecular weight is 371 g/mol. The number of nitrogens with zero attached hydrogens (tertiary/aromatic N) is 3. The van der Waals surface area contributed by atoms with Crippen LogP contribution in [0.5, 0.6) is 0 Å². The quantitative estimate of drug-likeness (QED) is 0.894. The van der Waals surface area contributed by atoms with Gasteiger partial charge in [0.25, 0.3) is 0 Å². The predicted molar refractivity (Wildman–Crippen MR) is 98.0 cm³/mol. The second kappa shape index (κ2) is 7.83. The third-order valence-corrected chi connectivity index (χ3v) is 4.60. The van der Waals surface area contributed by atoms with E-state index in [0.29, 0.717) is 5.89 Å². The van der Waals surface area contributed by atoms with Gasteiger partial charge in [-0.05, 0) is 31.2 Å². The Morgan fingerprint density at radius 1 is 1.42 bits per heavy atom. The van der Waals surface area contributed by atoms with Crippen LogP contribution in [-0.4, -0.2) is 41.7 Å². The predicted octanol–water partition coefficient (Wildman–Crippen LogP) is 3.24. The minimum absolute atomic E-state index is 0. The molecule has 0 bridgehead atoms. The normalized spacial score (nSPS) is 19.1. The van der Waals surface area contributed by atoms with Crippen molar-refractivity contribution >= 4 is 24.0 Å². The molecule has 5 nitrogen and oxygen atoms in total. The van der Waals surface area contributed by atoms with Crippen LogP contribution in [0.1, 0.15) is 37.2 Å². The Labute approximate surface area is 154 Å². The summed E-state index contributed by atoms with van der Waals surface area (Å²) in [5, 5.41) is 8.35. The highest BCUT2D eigenvalue weighted by molar-refractivity contribution is 6.30. The molecule has 1 atom stereocenters. The number of halogens is 2. The van der Waals surface area contributed by atoms with E-state index >= 15 is 0 Å². The summed E-state index contributed by atoms with van der Waals surface area (Å²) >= 11 is 6.08. The lowest BCUT2D eigenvalue weighted by Crippen LogP contribution is -2.44. The molecular formula is C17H24Cl2N4O. The fourth-order valence-electron chi connectivity index (χ4n) is 2.97. The van der Waals surface area contributed by atoms with E-state index in [0.717, 1.165) is 36.9 Å². The van der Waals surface area contributed by atoms with Gasteiger partial charge in [0.15, 0.2) is 5.82 Å². The number of nitrogens with one attached hydrogen (secondary N) is 1. The van der Waals surface area contributed by atoms with Gasteiger partial charge in [-0.2, -0.15) is 4.98 Å². The summed E-state index contributed by atoms with van der Waals surface area (Å²) in [6.45, 7) is 7.07. The number of rotatable bonds is 4. The van der Waals surface area contributed by atoms with E-state index in [2.05, 4.69) is 47.3 Å². The van der Waals surface area contributed by atoms with Gasteiger partial charge >= 0.3 is 0 Å². The number of benzene rings is 1. The number of likely N-dealkylation sites (N-methyl/N-ethyl adjacent to an activating group) is 1. The molecule has 1 saturated heterocycles. The largest absolute Gasteiger partial charge is 0.339 e. The minimum atomic E-state index is -0.239. The van der Waals surface area contributed by atoms with E-state index in [1.54, 1.807) is 0 Å². The Morgan fingerprint density at radius 2 is 2.21 bits per heavy atom. The fourth-order valence-corrected chi connectivity index (χ4v) is 3.19. The van der Waals surface area contributed by atoms with Gasteiger partial charge in [0.05, 0.1) is 6.04 Å². The Kier molecular flexibility index (Phi) is 6.26. The number of hydrogen-bond donors (Lipinski definition) is 1. The van der Waals surface area contributed by atoms with Crippen LogP contribution in [0.4, 0.5) is 0 Å². The van der Waals surface area contributed by atoms with Crippen LogP contribution >= 0.6 is 24.0 Å². The number of aromatic nitrogens is 2. The van der Waals surface area contributed by atoms with Crippen LogP contribution < -0.4 is 5.32 Å². The molecule has 0 spiro atoms. The summed E-state index contributed by atoms with van der Waals surface area (Å²) in [5.74, 6) is 1.43. The summed E-state index contributed by atoms with van der Waals surface area (Å²) in [5.41, 5.74) is 0.926. The maximum Gasteiger partial charge on any atom is 0.232 e. The van der Waals surface area contributed by atoms with Gasteiger partial charge in [-0.25, -0.2) is 0 Å². The van der Waals surface area contributed by atoms with E-state index in [-0.39, 0.29) is 23.9 Å². The molecule has 1 aliphatic heterocycles. The summed E-state index contributed by atoms with van der Waals surface area (Å²) in [7, 11) is 2.10. The molecule has 1 unspecified atom stereocenters. The van der Waals surface area contributed by atoms with Crippen molar-refractivity contribution in [3.05, 3.63) is 46.6 Å². The summed E-state index contributed by atoms with van der Waals surface area (Å²) in [4.78, 5) is 6.94. The van der Waals surface area contributed by atoms with Crippen LogP contribution in [0.25, 0.3) is 0 Å². The zero-order chi connectivity index (χ0) is 16.4. The Morgan fingerprint density at radius 3 is 2.92 bits per heavy atom. The minimum Gasteiger partial charge on any atom is -0.339 e. The molecule has 0 radical (unpaired) electrons. The molecule has 2 heterocycles. The van der Waals surface area contributed by atoms with E-state index in [4.69, 9.17) is 16.1 Å². The molecule has 0 amide bonds. The summed E-state index contributed by atoms with van der Waals surface area (Å²) in [6.07, 6.45) is 0.800. The van der Waals surface area contributed by atoms with Crippen LogP contribution in [0, 0.1) is 0 Å². The van der Waals surface area contributed by atoms with Crippen molar-refractivity contribution < 1.29 is 4.52 Å². The monoisotopic (exact) mass is 370 g/mol. The third kappa shape index (κ3) is 4.28. The zero-order valence-corrected chi connectivity index (χ0v) is 15.8. The van der Waals surface area contributed by atoms with Crippen molar-refractivity contribution in [1.82, 2.24) is 20.4 Å². The van der Waals surface area contributed by atoms with Crippen molar-refractivity contribution in [3.63, 3.8) is 0 Å². The first-order chi connectivity index (χ1) is 11.0. The molecule has 24 heavy (non-hydrogen) atoms. The lowest BCUT2D eigenvalue weighted by molar-refractivity contribution is 0.190. The lowest BCUT2D eigenvalue weighted by atomic mass is 9.85. The molecule has 7 heteroatoms. The van der Waals surface area contributed by atoms with Crippen LogP contribution in [-0.2, 0) is 11.8 Å². The molecule has 132 valence electrons. The maximum atomic E-state index is 6.08. The Balaban J connectivity index is 0.00000208. The highest BCUT2D eigenvalue weighted by atomic mass is 35.5. The molecule has 1 N–H and O–H groups in total. The van der Waals surface area contributed by atoms with E-state index < -0.39 is 0 Å². The molecule has 1 aromatic heterocycles. The van der Waals surface area contributed by atoms with Gasteiger partial charge in [0.2, 0.25) is 5.89 Å². The highest BCUT2D eigenvalue weighted by Gasteiger charge is 2.31. The lowest BCUT2D eigenvalue weighted by Gasteiger charge is -2.30. The first-order valence-corrected chi connectivity index (χ1v) is 8.33. The number of hydrogen-bond acceptors (Lipinski definition) is 5. The van der Waals surface area contributed by atoms with Gasteiger partial charge in [-0.3, -0.25) is 4.90 Å². The van der Waals surface area contributed by atoms with Crippen molar-refractivity contribution in [2.24, 2.45) is 0 Å². The highest BCUT2D eigenvalue weighted by Crippen LogP contribution is 2.29. The van der Waals surface area contributed by atoms with Gasteiger partial charge in [-0.15, -0.1) is 12.4 Å². The van der Waals surface area contributed by atoms with Crippen molar-refractivity contribution in [3.8, 4) is 0 Å². The second-order valence-corrected chi connectivity index (χ2v) is 7.29. The van der Waals surface area contributed by atoms with Crippen LogP contribution in [0.2, 0.25) is 5.02 Å². The van der Waals surface area contributed by atoms with E-state index in [1.165, 1.54) is 5.56 Å². The van der Waals surface area contributed by atoms with Gasteiger partial charge in [0, 0.05) is 30.1 Å². The fraction of sp³-hybridized carbons (Fsp3) is 0.529. The van der Waals surface area contributed by atoms with Gasteiger partial charge < -0.3 is 9.84 Å². The molecule has 1 aromatic carbocycles. The van der Waals surface area contributed by atoms with Crippen LogP contribution in [0.3, 0.4) is 0 Å². The van der Waals surface area contributed by atoms with Crippen molar-refractivity contribution in [2.45, 2.75) is 31.7 Å². The average Bonchev–Trinajstić information content (AvgIpc) is 2.98. The molecule has 2 aromatic rings. The first-order valence-electron chi connectivity index (χ1n) is 7.95. The molecular weight excluding hydrogens is 347 g/mol. The second-order valence-electron chi connectivity index (χ2n) is 6.85. The van der Waals surface area contributed by atoms with Crippen molar-refractivity contribution in [2.75, 3.05) is 26.7 Å². The third-order valence-electron chi connectivity index (χ3n) is 4.36. The SMILES string of the molecule is CN1CCNCC1c1noc(C(C)(C)Cc2cccc(Cl)c2)n1.Cl. The van der Waals surface area contributed by atoms with Gasteiger partial charge in [0.1, 0.15) is 0 Å². The number of piperazine rings is 1. The van der Waals surface area contributed by atoms with Crippen LogP contribution in [0.15, 0.2) is 28.8 Å². The van der Waals surface area contributed by atoms with E-state index in [9.17, 15) is 0 Å². The Hall–Kier alpha value is -1.14. The topological polar surface area (TPSA) is 54.2 Å². The maximum absolute atomic E-state index is 6.08. The van der Waals surface area contributed by atoms with Crippen molar-refractivity contribution in [1.29, 1.82) is 0 Å². The summed E-state index contributed by atoms with van der Waals surface area (Å²) < 4.78 is 5.58.